The van der Waals surface area contributed by atoms with E-state index in [4.69, 9.17) is 4.42 Å². The number of imidazole rings is 1. The van der Waals surface area contributed by atoms with Crippen LogP contribution < -0.4 is 0 Å². The van der Waals surface area contributed by atoms with E-state index in [9.17, 15) is 18.0 Å². The molecule has 29 heavy (non-hydrogen) atoms. The highest BCUT2D eigenvalue weighted by Crippen LogP contribution is 2.35. The third-order valence-corrected chi connectivity index (χ3v) is 4.91. The predicted molar refractivity (Wildman–Crippen MR) is 91.9 cm³/mol. The van der Waals surface area contributed by atoms with Crippen molar-refractivity contribution in [3.05, 3.63) is 71.7 Å². The van der Waals surface area contributed by atoms with E-state index in [0.717, 1.165) is 28.9 Å². The van der Waals surface area contributed by atoms with Crippen molar-refractivity contribution in [1.82, 2.24) is 29.5 Å². The van der Waals surface area contributed by atoms with Gasteiger partial charge in [-0.2, -0.15) is 18.3 Å². The number of hydrogen-bond donors (Lipinski definition) is 1. The molecule has 0 bridgehead atoms. The number of aromatic amines is 1. The number of nitrogens with one attached hydrogen (secondary N) is 1. The maximum atomic E-state index is 13.0. The fourth-order valence-corrected chi connectivity index (χ4v) is 3.57. The molecule has 0 aliphatic carbocycles. The second-order valence-corrected chi connectivity index (χ2v) is 6.64. The lowest BCUT2D eigenvalue weighted by atomic mass is 9.99. The van der Waals surface area contributed by atoms with Crippen molar-refractivity contribution in [1.29, 1.82) is 0 Å². The van der Waals surface area contributed by atoms with Gasteiger partial charge in [0.25, 0.3) is 5.91 Å². The van der Waals surface area contributed by atoms with Gasteiger partial charge in [0, 0.05) is 24.9 Å². The highest BCUT2D eigenvalue weighted by Gasteiger charge is 2.37. The van der Waals surface area contributed by atoms with Crippen LogP contribution in [-0.2, 0) is 12.6 Å². The minimum absolute atomic E-state index is 0.0668. The van der Waals surface area contributed by atoms with E-state index < -0.39 is 23.7 Å². The number of hydrogen-bond acceptors (Lipinski definition) is 5. The van der Waals surface area contributed by atoms with Crippen molar-refractivity contribution in [2.45, 2.75) is 18.6 Å². The summed E-state index contributed by atoms with van der Waals surface area (Å²) in [5, 5.41) is 4.33. The van der Waals surface area contributed by atoms with E-state index in [1.807, 2.05) is 0 Å². The number of halogens is 3. The van der Waals surface area contributed by atoms with Crippen molar-refractivity contribution in [2.24, 2.45) is 0 Å². The van der Waals surface area contributed by atoms with Crippen molar-refractivity contribution in [2.75, 3.05) is 6.54 Å². The molecule has 5 heterocycles. The molecule has 0 saturated carbocycles. The summed E-state index contributed by atoms with van der Waals surface area (Å²) in [6.45, 7) is 0.362. The Balaban J connectivity index is 1.62. The third kappa shape index (κ3) is 2.85. The highest BCUT2D eigenvalue weighted by molar-refractivity contribution is 5.91. The van der Waals surface area contributed by atoms with Crippen LogP contribution in [0, 0.1) is 0 Å². The molecule has 1 N–H and O–H groups in total. The maximum absolute atomic E-state index is 13.0. The molecule has 11 heteroatoms. The molecule has 1 unspecified atom stereocenters. The Hall–Kier alpha value is -3.63. The number of carbonyl (C=O) groups excluding carboxylic acids is 1. The first kappa shape index (κ1) is 17.5. The Morgan fingerprint density at radius 3 is 2.93 bits per heavy atom. The van der Waals surface area contributed by atoms with Crippen LogP contribution in [0.2, 0.25) is 0 Å². The molecule has 1 aliphatic heterocycles. The Morgan fingerprint density at radius 2 is 2.17 bits per heavy atom. The van der Waals surface area contributed by atoms with Crippen molar-refractivity contribution < 1.29 is 22.4 Å². The summed E-state index contributed by atoms with van der Waals surface area (Å²) < 4.78 is 45.4. The number of aromatic nitrogens is 5. The molecule has 4 aromatic rings. The summed E-state index contributed by atoms with van der Waals surface area (Å²) in [6.07, 6.45) is 1.01. The smallest absolute Gasteiger partial charge is 0.417 e. The standard InChI is InChI=1S/C18H13F3N6O2/c19-18(20,21)10-1-2-11-5-13(25-27(11)7-10)16-15-12(23-8-24-15)3-4-26(16)17(28)14-6-22-9-29-14/h1-2,5-9,16H,3-4H2,(H,23,24). The molecule has 0 aromatic carbocycles. The van der Waals surface area contributed by atoms with Crippen LogP contribution >= 0.6 is 0 Å². The topological polar surface area (TPSA) is 92.3 Å². The molecular weight excluding hydrogens is 389 g/mol. The summed E-state index contributed by atoms with van der Waals surface area (Å²) in [7, 11) is 0. The van der Waals surface area contributed by atoms with E-state index in [2.05, 4.69) is 20.1 Å². The highest BCUT2D eigenvalue weighted by atomic mass is 19.4. The van der Waals surface area contributed by atoms with E-state index in [-0.39, 0.29) is 5.76 Å². The molecule has 0 spiro atoms. The van der Waals surface area contributed by atoms with Gasteiger partial charge in [-0.05, 0) is 18.2 Å². The zero-order valence-corrected chi connectivity index (χ0v) is 14.7. The van der Waals surface area contributed by atoms with Gasteiger partial charge in [0.15, 0.2) is 6.39 Å². The van der Waals surface area contributed by atoms with Crippen LogP contribution in [0.5, 0.6) is 0 Å². The molecule has 0 fully saturated rings. The van der Waals surface area contributed by atoms with Gasteiger partial charge in [-0.15, -0.1) is 0 Å². The van der Waals surface area contributed by atoms with Crippen LogP contribution in [0.3, 0.4) is 0 Å². The molecule has 0 saturated heterocycles. The quantitative estimate of drug-likeness (QED) is 0.557. The predicted octanol–water partition coefficient (Wildman–Crippen LogP) is 2.85. The fourth-order valence-electron chi connectivity index (χ4n) is 3.57. The van der Waals surface area contributed by atoms with Crippen molar-refractivity contribution >= 4 is 11.4 Å². The number of rotatable bonds is 2. The molecule has 1 atom stereocenters. The molecule has 5 rings (SSSR count). The Morgan fingerprint density at radius 1 is 1.31 bits per heavy atom. The zero-order chi connectivity index (χ0) is 20.2. The molecular formula is C18H13F3N6O2. The van der Waals surface area contributed by atoms with Gasteiger partial charge in [0.05, 0.1) is 35.0 Å². The number of amides is 1. The summed E-state index contributed by atoms with van der Waals surface area (Å²) in [5.41, 5.74) is 1.53. The van der Waals surface area contributed by atoms with Crippen LogP contribution in [0.1, 0.15) is 39.2 Å². The van der Waals surface area contributed by atoms with E-state index >= 15 is 0 Å². The monoisotopic (exact) mass is 402 g/mol. The summed E-state index contributed by atoms with van der Waals surface area (Å²) in [5.74, 6) is -0.328. The van der Waals surface area contributed by atoms with Gasteiger partial charge in [-0.1, -0.05) is 0 Å². The van der Waals surface area contributed by atoms with E-state index in [1.165, 1.54) is 23.5 Å². The lowest BCUT2D eigenvalue weighted by Gasteiger charge is -2.33. The van der Waals surface area contributed by atoms with Gasteiger partial charge in [0.2, 0.25) is 5.76 Å². The minimum atomic E-state index is -4.48. The second kappa shape index (κ2) is 6.19. The number of H-pyrrole nitrogens is 1. The largest absolute Gasteiger partial charge is 0.438 e. The number of nitrogens with zero attached hydrogens (tertiary/aromatic N) is 5. The Bertz CT molecular complexity index is 1190. The number of oxazole rings is 1. The molecule has 8 nitrogen and oxygen atoms in total. The minimum Gasteiger partial charge on any atom is -0.438 e. The lowest BCUT2D eigenvalue weighted by molar-refractivity contribution is -0.137. The van der Waals surface area contributed by atoms with Crippen LogP contribution in [0.25, 0.3) is 5.52 Å². The lowest BCUT2D eigenvalue weighted by Crippen LogP contribution is -2.40. The fraction of sp³-hybridized carbons (Fsp3) is 0.222. The zero-order valence-electron chi connectivity index (χ0n) is 14.7. The molecule has 1 aliphatic rings. The van der Waals surface area contributed by atoms with Crippen LogP contribution in [-0.4, -0.2) is 41.9 Å². The third-order valence-electron chi connectivity index (χ3n) is 4.91. The molecule has 148 valence electrons. The van der Waals surface area contributed by atoms with Gasteiger partial charge < -0.3 is 14.3 Å². The van der Waals surface area contributed by atoms with Crippen LogP contribution in [0.15, 0.2) is 47.7 Å². The summed E-state index contributed by atoms with van der Waals surface area (Å²) in [4.78, 5) is 25.6. The maximum Gasteiger partial charge on any atom is 0.417 e. The Labute approximate surface area is 161 Å². The first-order chi connectivity index (χ1) is 13.9. The normalized spacial score (nSPS) is 16.9. The average molecular weight is 402 g/mol. The number of fused-ring (bicyclic) bond motifs is 2. The van der Waals surface area contributed by atoms with Gasteiger partial charge in [-0.25, -0.2) is 14.5 Å². The molecule has 4 aromatic heterocycles. The van der Waals surface area contributed by atoms with E-state index in [1.54, 1.807) is 6.07 Å². The van der Waals surface area contributed by atoms with Gasteiger partial charge in [0.1, 0.15) is 6.04 Å². The van der Waals surface area contributed by atoms with Crippen molar-refractivity contribution in [3.8, 4) is 0 Å². The first-order valence-electron chi connectivity index (χ1n) is 8.70. The number of carbonyl (C=O) groups is 1. The van der Waals surface area contributed by atoms with Crippen molar-refractivity contribution in [3.63, 3.8) is 0 Å². The Kier molecular flexibility index (Phi) is 3.73. The number of pyridine rings is 1. The van der Waals surface area contributed by atoms with Crippen LogP contribution in [0.4, 0.5) is 13.2 Å². The average Bonchev–Trinajstić information content (AvgIpc) is 3.45. The molecule has 0 radical (unpaired) electrons. The first-order valence-corrected chi connectivity index (χ1v) is 8.70. The van der Waals surface area contributed by atoms with Gasteiger partial charge >= 0.3 is 6.18 Å². The summed E-state index contributed by atoms with van der Waals surface area (Å²) >= 11 is 0. The molecule has 1 amide bonds. The summed E-state index contributed by atoms with van der Waals surface area (Å²) in [6, 6.07) is 3.32. The second-order valence-electron chi connectivity index (χ2n) is 6.64. The van der Waals surface area contributed by atoms with Gasteiger partial charge in [-0.3, -0.25) is 4.79 Å². The van der Waals surface area contributed by atoms with E-state index in [0.29, 0.717) is 29.9 Å². The SMILES string of the molecule is O=C(c1cnco1)N1CCc2[nH]cnc2C1c1cc2ccc(C(F)(F)F)cn2n1. The number of alkyl halides is 3.